The maximum atomic E-state index is 11.6. The summed E-state index contributed by atoms with van der Waals surface area (Å²) in [5.41, 5.74) is 7.32. The Kier molecular flexibility index (Phi) is 4.78. The van der Waals surface area contributed by atoms with Crippen LogP contribution < -0.4 is 10.5 Å². The molecule has 21 heavy (non-hydrogen) atoms. The fourth-order valence-electron chi connectivity index (χ4n) is 1.70. The van der Waals surface area contributed by atoms with Gasteiger partial charge in [-0.25, -0.2) is 4.79 Å². The summed E-state index contributed by atoms with van der Waals surface area (Å²) in [4.78, 5) is 11.6. The average Bonchev–Trinajstić information content (AvgIpc) is 2.51. The fourth-order valence-corrected chi connectivity index (χ4v) is 1.70. The minimum Gasteiger partial charge on any atom is -0.482 e. The SMILES string of the molecule is N#Cc1ccccc1COC(=O)COc1cccc(N)c1. The van der Waals surface area contributed by atoms with Gasteiger partial charge in [0, 0.05) is 17.3 Å². The number of hydrogen-bond donors (Lipinski definition) is 1. The number of nitrogens with zero attached hydrogens (tertiary/aromatic N) is 1. The average molecular weight is 282 g/mol. The number of benzene rings is 2. The summed E-state index contributed by atoms with van der Waals surface area (Å²) in [6, 6.07) is 15.8. The molecule has 0 radical (unpaired) electrons. The maximum Gasteiger partial charge on any atom is 0.344 e. The molecule has 0 aliphatic carbocycles. The number of anilines is 1. The van der Waals surface area contributed by atoms with Gasteiger partial charge in [-0.15, -0.1) is 0 Å². The molecular weight excluding hydrogens is 268 g/mol. The topological polar surface area (TPSA) is 85.3 Å². The summed E-state index contributed by atoms with van der Waals surface area (Å²) in [5.74, 6) is -0.00505. The lowest BCUT2D eigenvalue weighted by Crippen LogP contribution is -2.15. The number of ether oxygens (including phenoxy) is 2. The summed E-state index contributed by atoms with van der Waals surface area (Å²) in [7, 11) is 0. The van der Waals surface area contributed by atoms with Gasteiger partial charge in [-0.2, -0.15) is 5.26 Å². The minimum atomic E-state index is -0.509. The monoisotopic (exact) mass is 282 g/mol. The standard InChI is InChI=1S/C16H14N2O3/c17-9-12-4-1-2-5-13(12)10-21-16(19)11-20-15-7-3-6-14(18)8-15/h1-8H,10-11,18H2. The lowest BCUT2D eigenvalue weighted by atomic mass is 10.1. The van der Waals surface area contributed by atoms with Gasteiger partial charge in [0.1, 0.15) is 12.4 Å². The smallest absolute Gasteiger partial charge is 0.344 e. The fraction of sp³-hybridized carbons (Fsp3) is 0.125. The molecule has 2 aromatic carbocycles. The predicted molar refractivity (Wildman–Crippen MR) is 77.3 cm³/mol. The molecule has 0 saturated carbocycles. The van der Waals surface area contributed by atoms with Crippen LogP contribution in [-0.4, -0.2) is 12.6 Å². The van der Waals surface area contributed by atoms with Crippen LogP contribution in [0.4, 0.5) is 5.69 Å². The molecule has 0 saturated heterocycles. The van der Waals surface area contributed by atoms with Gasteiger partial charge < -0.3 is 15.2 Å². The Morgan fingerprint density at radius 2 is 2.00 bits per heavy atom. The van der Waals surface area contributed by atoms with E-state index in [0.717, 1.165) is 0 Å². The van der Waals surface area contributed by atoms with Crippen LogP contribution in [0.15, 0.2) is 48.5 Å². The van der Waals surface area contributed by atoms with Crippen LogP contribution in [0.25, 0.3) is 0 Å². The van der Waals surface area contributed by atoms with Crippen molar-refractivity contribution in [3.63, 3.8) is 0 Å². The Bertz CT molecular complexity index is 677. The van der Waals surface area contributed by atoms with Crippen molar-refractivity contribution in [2.45, 2.75) is 6.61 Å². The summed E-state index contributed by atoms with van der Waals surface area (Å²) in [6.07, 6.45) is 0. The van der Waals surface area contributed by atoms with Crippen LogP contribution >= 0.6 is 0 Å². The zero-order valence-electron chi connectivity index (χ0n) is 11.3. The van der Waals surface area contributed by atoms with Gasteiger partial charge in [0.25, 0.3) is 0 Å². The highest BCUT2D eigenvalue weighted by molar-refractivity contribution is 5.71. The first-order valence-corrected chi connectivity index (χ1v) is 6.31. The highest BCUT2D eigenvalue weighted by Gasteiger charge is 2.07. The molecule has 0 amide bonds. The lowest BCUT2D eigenvalue weighted by Gasteiger charge is -2.08. The number of nitrogen functional groups attached to an aromatic ring is 1. The molecule has 5 nitrogen and oxygen atoms in total. The normalized spacial score (nSPS) is 9.67. The highest BCUT2D eigenvalue weighted by atomic mass is 16.6. The molecule has 0 unspecified atom stereocenters. The van der Waals surface area contributed by atoms with Gasteiger partial charge in [0.05, 0.1) is 11.6 Å². The Labute approximate surface area is 122 Å². The van der Waals surface area contributed by atoms with E-state index >= 15 is 0 Å². The Hall–Kier alpha value is -3.00. The molecule has 2 rings (SSSR count). The van der Waals surface area contributed by atoms with Crippen molar-refractivity contribution in [3.8, 4) is 11.8 Å². The number of nitrogens with two attached hydrogens (primary N) is 1. The molecule has 0 bridgehead atoms. The van der Waals surface area contributed by atoms with E-state index in [9.17, 15) is 4.79 Å². The lowest BCUT2D eigenvalue weighted by molar-refractivity contribution is -0.147. The second-order valence-electron chi connectivity index (χ2n) is 4.29. The third-order valence-corrected chi connectivity index (χ3v) is 2.74. The van der Waals surface area contributed by atoms with Crippen LogP contribution in [0.1, 0.15) is 11.1 Å². The first-order chi connectivity index (χ1) is 10.2. The second kappa shape index (κ2) is 6.96. The van der Waals surface area contributed by atoms with Gasteiger partial charge in [-0.3, -0.25) is 0 Å². The number of carbonyl (C=O) groups is 1. The third kappa shape index (κ3) is 4.25. The molecule has 0 heterocycles. The maximum absolute atomic E-state index is 11.6. The Balaban J connectivity index is 1.84. The summed E-state index contributed by atoms with van der Waals surface area (Å²) in [5, 5.41) is 8.93. The summed E-state index contributed by atoms with van der Waals surface area (Å²) >= 11 is 0. The molecule has 0 aromatic heterocycles. The van der Waals surface area contributed by atoms with E-state index in [0.29, 0.717) is 22.6 Å². The van der Waals surface area contributed by atoms with E-state index in [2.05, 4.69) is 0 Å². The van der Waals surface area contributed by atoms with Gasteiger partial charge in [-0.05, 0) is 18.2 Å². The molecule has 2 N–H and O–H groups in total. The summed E-state index contributed by atoms with van der Waals surface area (Å²) in [6.45, 7) is -0.166. The van der Waals surface area contributed by atoms with E-state index < -0.39 is 5.97 Å². The number of hydrogen-bond acceptors (Lipinski definition) is 5. The Morgan fingerprint density at radius 3 is 2.76 bits per heavy atom. The van der Waals surface area contributed by atoms with Crippen LogP contribution in [0.3, 0.4) is 0 Å². The van der Waals surface area contributed by atoms with Crippen molar-refractivity contribution < 1.29 is 14.3 Å². The van der Waals surface area contributed by atoms with Gasteiger partial charge in [0.2, 0.25) is 0 Å². The molecule has 0 aliphatic rings. The number of esters is 1. The third-order valence-electron chi connectivity index (χ3n) is 2.74. The van der Waals surface area contributed by atoms with E-state index in [4.69, 9.17) is 20.5 Å². The molecule has 5 heteroatoms. The molecule has 0 aliphatic heterocycles. The van der Waals surface area contributed by atoms with Gasteiger partial charge >= 0.3 is 5.97 Å². The number of nitriles is 1. The zero-order valence-corrected chi connectivity index (χ0v) is 11.3. The van der Waals surface area contributed by atoms with Crippen molar-refractivity contribution in [1.82, 2.24) is 0 Å². The molecule has 106 valence electrons. The van der Waals surface area contributed by atoms with Crippen molar-refractivity contribution in [2.75, 3.05) is 12.3 Å². The zero-order chi connectivity index (χ0) is 15.1. The molecular formula is C16H14N2O3. The van der Waals surface area contributed by atoms with Crippen molar-refractivity contribution in [2.24, 2.45) is 0 Å². The molecule has 0 fully saturated rings. The van der Waals surface area contributed by atoms with Crippen molar-refractivity contribution in [1.29, 1.82) is 5.26 Å². The first-order valence-electron chi connectivity index (χ1n) is 6.31. The van der Waals surface area contributed by atoms with Crippen LogP contribution in [-0.2, 0) is 16.1 Å². The van der Waals surface area contributed by atoms with E-state index in [-0.39, 0.29) is 13.2 Å². The highest BCUT2D eigenvalue weighted by Crippen LogP contribution is 2.14. The van der Waals surface area contributed by atoms with Gasteiger partial charge in [0.15, 0.2) is 6.61 Å². The Morgan fingerprint density at radius 1 is 1.19 bits per heavy atom. The molecule has 2 aromatic rings. The number of carbonyl (C=O) groups excluding carboxylic acids is 1. The van der Waals surface area contributed by atoms with Crippen LogP contribution in [0, 0.1) is 11.3 Å². The summed E-state index contributed by atoms with van der Waals surface area (Å²) < 4.78 is 10.4. The predicted octanol–water partition coefficient (Wildman–Crippen LogP) is 2.26. The van der Waals surface area contributed by atoms with Crippen LogP contribution in [0.5, 0.6) is 5.75 Å². The quantitative estimate of drug-likeness (QED) is 0.671. The van der Waals surface area contributed by atoms with E-state index in [1.165, 1.54) is 0 Å². The van der Waals surface area contributed by atoms with Gasteiger partial charge in [-0.1, -0.05) is 24.3 Å². The first kappa shape index (κ1) is 14.4. The van der Waals surface area contributed by atoms with Crippen LogP contribution in [0.2, 0.25) is 0 Å². The number of rotatable bonds is 5. The molecule has 0 spiro atoms. The van der Waals surface area contributed by atoms with E-state index in [1.807, 2.05) is 6.07 Å². The second-order valence-corrected chi connectivity index (χ2v) is 4.29. The van der Waals surface area contributed by atoms with E-state index in [1.54, 1.807) is 48.5 Å². The van der Waals surface area contributed by atoms with Crippen molar-refractivity contribution in [3.05, 3.63) is 59.7 Å². The minimum absolute atomic E-state index is 0.0445. The van der Waals surface area contributed by atoms with Crippen molar-refractivity contribution >= 4 is 11.7 Å². The largest absolute Gasteiger partial charge is 0.482 e. The molecule has 0 atom stereocenters.